The van der Waals surface area contributed by atoms with Crippen molar-refractivity contribution in [3.63, 3.8) is 0 Å². The lowest BCUT2D eigenvalue weighted by Gasteiger charge is -2.19. The van der Waals surface area contributed by atoms with E-state index in [0.717, 1.165) is 12.8 Å². The zero-order valence-corrected chi connectivity index (χ0v) is 14.2. The highest BCUT2D eigenvalue weighted by atomic mass is 16.6. The molecule has 22 heavy (non-hydrogen) atoms. The largest absolute Gasteiger partial charge is 0.444 e. The number of hydrogen-bond acceptors (Lipinski definition) is 4. The first-order chi connectivity index (χ1) is 10.2. The van der Waals surface area contributed by atoms with E-state index in [0.29, 0.717) is 13.1 Å². The van der Waals surface area contributed by atoms with Gasteiger partial charge in [-0.3, -0.25) is 9.59 Å². The van der Waals surface area contributed by atoms with E-state index in [-0.39, 0.29) is 24.3 Å². The third-order valence-corrected chi connectivity index (χ3v) is 2.89. The molecule has 0 aromatic rings. The minimum atomic E-state index is -0.635. The highest BCUT2D eigenvalue weighted by molar-refractivity contribution is 5.82. The molecule has 0 unspecified atom stereocenters. The summed E-state index contributed by atoms with van der Waals surface area (Å²) < 4.78 is 5.01. The lowest BCUT2D eigenvalue weighted by molar-refractivity contribution is -0.125. The fraction of sp³-hybridized carbons (Fsp3) is 0.800. The third kappa shape index (κ3) is 10.0. The molecule has 3 amide bonds. The van der Waals surface area contributed by atoms with Crippen LogP contribution in [-0.4, -0.2) is 43.1 Å². The molecule has 7 heteroatoms. The van der Waals surface area contributed by atoms with Gasteiger partial charge in [0.05, 0.1) is 6.54 Å². The normalized spacial score (nSPS) is 11.0. The number of carbonyl (C=O) groups is 3. The molecule has 0 aliphatic rings. The molecule has 0 fully saturated rings. The van der Waals surface area contributed by atoms with Gasteiger partial charge in [0.25, 0.3) is 0 Å². The van der Waals surface area contributed by atoms with Gasteiger partial charge in [0.15, 0.2) is 0 Å². The first-order valence-corrected chi connectivity index (χ1v) is 7.70. The molecular formula is C15H29N3O4. The molecule has 0 saturated heterocycles. The zero-order chi connectivity index (χ0) is 17.2. The Labute approximate surface area is 132 Å². The monoisotopic (exact) mass is 315 g/mol. The standard InChI is InChI=1S/C15H29N3O4/c1-6-11(7-2)13(20)17-9-8-16-12(19)10-18-14(21)22-15(3,4)5/h11H,6-10H2,1-5H3,(H,16,19)(H,17,20)(H,18,21). The van der Waals surface area contributed by atoms with E-state index in [4.69, 9.17) is 4.74 Å². The molecular weight excluding hydrogens is 286 g/mol. The summed E-state index contributed by atoms with van der Waals surface area (Å²) in [6, 6.07) is 0. The van der Waals surface area contributed by atoms with E-state index in [1.807, 2.05) is 13.8 Å². The Hall–Kier alpha value is -1.79. The molecule has 128 valence electrons. The average molecular weight is 315 g/mol. The molecule has 0 atom stereocenters. The predicted molar refractivity (Wildman–Crippen MR) is 84.3 cm³/mol. The molecule has 7 nitrogen and oxygen atoms in total. The first-order valence-electron chi connectivity index (χ1n) is 7.70. The SMILES string of the molecule is CCC(CC)C(=O)NCCNC(=O)CNC(=O)OC(C)(C)C. The topological polar surface area (TPSA) is 96.5 Å². The summed E-state index contributed by atoms with van der Waals surface area (Å²) in [4.78, 5) is 34.6. The van der Waals surface area contributed by atoms with Gasteiger partial charge in [0, 0.05) is 19.0 Å². The van der Waals surface area contributed by atoms with Crippen molar-refractivity contribution >= 4 is 17.9 Å². The van der Waals surface area contributed by atoms with Crippen molar-refractivity contribution in [3.8, 4) is 0 Å². The van der Waals surface area contributed by atoms with Crippen molar-refractivity contribution in [1.29, 1.82) is 0 Å². The summed E-state index contributed by atoms with van der Waals surface area (Å²) in [6.45, 7) is 9.71. The van der Waals surface area contributed by atoms with Crippen molar-refractivity contribution < 1.29 is 19.1 Å². The summed E-state index contributed by atoms with van der Waals surface area (Å²) in [5.41, 5.74) is -0.597. The number of ether oxygens (including phenoxy) is 1. The van der Waals surface area contributed by atoms with E-state index < -0.39 is 11.7 Å². The van der Waals surface area contributed by atoms with Crippen LogP contribution in [0.2, 0.25) is 0 Å². The summed E-state index contributed by atoms with van der Waals surface area (Å²) in [6.07, 6.45) is 0.966. The molecule has 0 radical (unpaired) electrons. The molecule has 0 saturated carbocycles. The van der Waals surface area contributed by atoms with Crippen molar-refractivity contribution in [1.82, 2.24) is 16.0 Å². The highest BCUT2D eigenvalue weighted by Crippen LogP contribution is 2.06. The summed E-state index contributed by atoms with van der Waals surface area (Å²) in [5, 5.41) is 7.74. The van der Waals surface area contributed by atoms with Crippen molar-refractivity contribution in [2.24, 2.45) is 5.92 Å². The molecule has 0 aromatic carbocycles. The number of alkyl carbamates (subject to hydrolysis) is 1. The second kappa shape index (κ2) is 10.0. The Morgan fingerprint density at radius 3 is 2.00 bits per heavy atom. The van der Waals surface area contributed by atoms with Crippen LogP contribution in [0.1, 0.15) is 47.5 Å². The van der Waals surface area contributed by atoms with E-state index in [1.165, 1.54) is 0 Å². The van der Waals surface area contributed by atoms with Crippen molar-refractivity contribution in [3.05, 3.63) is 0 Å². The fourth-order valence-electron chi connectivity index (χ4n) is 1.72. The zero-order valence-electron chi connectivity index (χ0n) is 14.2. The summed E-state index contributed by atoms with van der Waals surface area (Å²) >= 11 is 0. The average Bonchev–Trinajstić information content (AvgIpc) is 2.41. The lowest BCUT2D eigenvalue weighted by atomic mass is 10.0. The third-order valence-electron chi connectivity index (χ3n) is 2.89. The Balaban J connectivity index is 3.79. The maximum Gasteiger partial charge on any atom is 0.408 e. The van der Waals surface area contributed by atoms with E-state index in [1.54, 1.807) is 20.8 Å². The molecule has 3 N–H and O–H groups in total. The number of rotatable bonds is 8. The number of carbonyl (C=O) groups excluding carboxylic acids is 3. The second-order valence-electron chi connectivity index (χ2n) is 6.01. The van der Waals surface area contributed by atoms with Crippen molar-refractivity contribution in [2.75, 3.05) is 19.6 Å². The van der Waals surface area contributed by atoms with Crippen LogP contribution in [0.5, 0.6) is 0 Å². The molecule has 0 aliphatic carbocycles. The van der Waals surface area contributed by atoms with Crippen LogP contribution in [0.25, 0.3) is 0 Å². The molecule has 0 aliphatic heterocycles. The van der Waals surface area contributed by atoms with Crippen LogP contribution in [0.15, 0.2) is 0 Å². The van der Waals surface area contributed by atoms with Gasteiger partial charge in [-0.25, -0.2) is 4.79 Å². The van der Waals surface area contributed by atoms with Crippen molar-refractivity contribution in [2.45, 2.75) is 53.1 Å². The van der Waals surface area contributed by atoms with Crippen LogP contribution in [0.4, 0.5) is 4.79 Å². The quantitative estimate of drug-likeness (QED) is 0.586. The van der Waals surface area contributed by atoms with Gasteiger partial charge in [-0.2, -0.15) is 0 Å². The van der Waals surface area contributed by atoms with E-state index in [9.17, 15) is 14.4 Å². The van der Waals surface area contributed by atoms with Crippen LogP contribution < -0.4 is 16.0 Å². The molecule has 0 heterocycles. The number of amides is 3. The molecule has 0 bridgehead atoms. The number of hydrogen-bond donors (Lipinski definition) is 3. The fourth-order valence-corrected chi connectivity index (χ4v) is 1.72. The number of nitrogens with one attached hydrogen (secondary N) is 3. The Kier molecular flexibility index (Phi) is 9.21. The molecule has 0 rings (SSSR count). The Morgan fingerprint density at radius 2 is 1.50 bits per heavy atom. The van der Waals surface area contributed by atoms with E-state index >= 15 is 0 Å². The molecule has 0 spiro atoms. The second-order valence-corrected chi connectivity index (χ2v) is 6.01. The van der Waals surface area contributed by atoms with Gasteiger partial charge < -0.3 is 20.7 Å². The van der Waals surface area contributed by atoms with Gasteiger partial charge >= 0.3 is 6.09 Å². The summed E-state index contributed by atoms with van der Waals surface area (Å²) in [5.74, 6) is -0.307. The summed E-state index contributed by atoms with van der Waals surface area (Å²) in [7, 11) is 0. The maximum absolute atomic E-state index is 11.7. The van der Waals surface area contributed by atoms with Gasteiger partial charge in [-0.15, -0.1) is 0 Å². The van der Waals surface area contributed by atoms with Crippen LogP contribution >= 0.6 is 0 Å². The first kappa shape index (κ1) is 20.2. The Bertz CT molecular complexity index is 373. The maximum atomic E-state index is 11.7. The van der Waals surface area contributed by atoms with Gasteiger partial charge in [-0.05, 0) is 33.6 Å². The smallest absolute Gasteiger partial charge is 0.408 e. The molecule has 0 aromatic heterocycles. The minimum absolute atomic E-state index is 0.00567. The lowest BCUT2D eigenvalue weighted by Crippen LogP contribution is -2.42. The van der Waals surface area contributed by atoms with Crippen LogP contribution in [0, 0.1) is 5.92 Å². The van der Waals surface area contributed by atoms with Crippen LogP contribution in [0.3, 0.4) is 0 Å². The minimum Gasteiger partial charge on any atom is -0.444 e. The predicted octanol–water partition coefficient (Wildman–Crippen LogP) is 1.18. The Morgan fingerprint density at radius 1 is 0.955 bits per heavy atom. The van der Waals surface area contributed by atoms with Gasteiger partial charge in [-0.1, -0.05) is 13.8 Å². The van der Waals surface area contributed by atoms with E-state index in [2.05, 4.69) is 16.0 Å². The highest BCUT2D eigenvalue weighted by Gasteiger charge is 2.16. The van der Waals surface area contributed by atoms with Gasteiger partial charge in [0.2, 0.25) is 11.8 Å². The van der Waals surface area contributed by atoms with Crippen LogP contribution in [-0.2, 0) is 14.3 Å². The van der Waals surface area contributed by atoms with Gasteiger partial charge in [0.1, 0.15) is 5.60 Å².